The molecule has 5 nitrogen and oxygen atoms in total. The van der Waals surface area contributed by atoms with Gasteiger partial charge in [0.15, 0.2) is 6.10 Å². The van der Waals surface area contributed by atoms with Crippen LogP contribution < -0.4 is 15.4 Å². The summed E-state index contributed by atoms with van der Waals surface area (Å²) in [6, 6.07) is 24.2. The molecule has 0 aliphatic carbocycles. The zero-order chi connectivity index (χ0) is 21.3. The minimum Gasteiger partial charge on any atom is -0.481 e. The van der Waals surface area contributed by atoms with Crippen LogP contribution in [0.25, 0.3) is 0 Å². The molecule has 3 rings (SSSR count). The number of ether oxygens (including phenoxy) is 1. The molecular weight excluding hydrogens is 376 g/mol. The molecule has 0 aliphatic rings. The number of hydrogen-bond donors (Lipinski definition) is 2. The van der Waals surface area contributed by atoms with Crippen LogP contribution in [0.1, 0.15) is 34.8 Å². The SMILES string of the molecule is CCC(Oc1ccc(C)cc1)C(=O)Nc1ccccc1C(=O)NCc1ccccc1. The van der Waals surface area contributed by atoms with Crippen molar-refractivity contribution in [3.05, 3.63) is 95.6 Å². The lowest BCUT2D eigenvalue weighted by atomic mass is 10.1. The highest BCUT2D eigenvalue weighted by Crippen LogP contribution is 2.19. The summed E-state index contributed by atoms with van der Waals surface area (Å²) >= 11 is 0. The van der Waals surface area contributed by atoms with Crippen molar-refractivity contribution in [3.8, 4) is 5.75 Å². The number of carbonyl (C=O) groups is 2. The van der Waals surface area contributed by atoms with E-state index in [9.17, 15) is 9.59 Å². The molecule has 0 radical (unpaired) electrons. The number of para-hydroxylation sites is 1. The summed E-state index contributed by atoms with van der Waals surface area (Å²) in [7, 11) is 0. The zero-order valence-corrected chi connectivity index (χ0v) is 17.2. The maximum Gasteiger partial charge on any atom is 0.265 e. The van der Waals surface area contributed by atoms with E-state index in [2.05, 4.69) is 10.6 Å². The normalized spacial score (nSPS) is 11.4. The van der Waals surface area contributed by atoms with Gasteiger partial charge in [-0.15, -0.1) is 0 Å². The van der Waals surface area contributed by atoms with E-state index in [4.69, 9.17) is 4.74 Å². The Balaban J connectivity index is 1.67. The van der Waals surface area contributed by atoms with Gasteiger partial charge in [0.1, 0.15) is 5.75 Å². The van der Waals surface area contributed by atoms with E-state index in [-0.39, 0.29) is 11.8 Å². The Morgan fingerprint density at radius 3 is 2.27 bits per heavy atom. The molecule has 1 atom stereocenters. The van der Waals surface area contributed by atoms with E-state index in [1.54, 1.807) is 24.3 Å². The van der Waals surface area contributed by atoms with Crippen molar-refractivity contribution in [1.82, 2.24) is 5.32 Å². The van der Waals surface area contributed by atoms with Gasteiger partial charge in [-0.25, -0.2) is 0 Å². The molecule has 0 saturated carbocycles. The second-order valence-corrected chi connectivity index (χ2v) is 7.03. The maximum atomic E-state index is 12.8. The molecule has 30 heavy (non-hydrogen) atoms. The van der Waals surface area contributed by atoms with Crippen LogP contribution in [0.2, 0.25) is 0 Å². The lowest BCUT2D eigenvalue weighted by molar-refractivity contribution is -0.122. The van der Waals surface area contributed by atoms with Gasteiger partial charge in [0, 0.05) is 6.54 Å². The maximum absolute atomic E-state index is 12.8. The second-order valence-electron chi connectivity index (χ2n) is 7.03. The van der Waals surface area contributed by atoms with Gasteiger partial charge in [-0.05, 0) is 43.2 Å². The van der Waals surface area contributed by atoms with E-state index in [0.717, 1.165) is 11.1 Å². The predicted octanol–water partition coefficient (Wildman–Crippen LogP) is 4.72. The summed E-state index contributed by atoms with van der Waals surface area (Å²) in [4.78, 5) is 25.5. The predicted molar refractivity (Wildman–Crippen MR) is 119 cm³/mol. The molecule has 2 amide bonds. The van der Waals surface area contributed by atoms with Crippen LogP contribution in [0.15, 0.2) is 78.9 Å². The van der Waals surface area contributed by atoms with Gasteiger partial charge >= 0.3 is 0 Å². The van der Waals surface area contributed by atoms with Crippen molar-refractivity contribution >= 4 is 17.5 Å². The fourth-order valence-electron chi connectivity index (χ4n) is 2.98. The average Bonchev–Trinajstić information content (AvgIpc) is 2.78. The monoisotopic (exact) mass is 402 g/mol. The minimum absolute atomic E-state index is 0.248. The second kappa shape index (κ2) is 10.3. The lowest BCUT2D eigenvalue weighted by Gasteiger charge is -2.18. The molecule has 3 aromatic rings. The molecule has 0 heterocycles. The van der Waals surface area contributed by atoms with E-state index in [1.807, 2.05) is 68.4 Å². The standard InChI is InChI=1S/C25H26N2O3/c1-3-23(30-20-15-13-18(2)14-16-20)25(29)27-22-12-8-7-11-21(22)24(28)26-17-19-9-5-4-6-10-19/h4-16,23H,3,17H2,1-2H3,(H,26,28)(H,27,29). The van der Waals surface area contributed by atoms with Gasteiger partial charge in [-0.1, -0.05) is 67.1 Å². The van der Waals surface area contributed by atoms with Crippen molar-refractivity contribution in [2.75, 3.05) is 5.32 Å². The van der Waals surface area contributed by atoms with Crippen molar-refractivity contribution in [2.24, 2.45) is 0 Å². The Labute approximate surface area is 177 Å². The topological polar surface area (TPSA) is 67.4 Å². The first-order chi connectivity index (χ1) is 14.6. The number of rotatable bonds is 8. The summed E-state index contributed by atoms with van der Waals surface area (Å²) in [5.74, 6) is 0.0973. The molecule has 0 saturated heterocycles. The molecule has 0 aliphatic heterocycles. The fourth-order valence-corrected chi connectivity index (χ4v) is 2.98. The first kappa shape index (κ1) is 21.1. The van der Waals surface area contributed by atoms with Crippen LogP contribution in [0, 0.1) is 6.92 Å². The smallest absolute Gasteiger partial charge is 0.265 e. The highest BCUT2D eigenvalue weighted by atomic mass is 16.5. The molecule has 154 valence electrons. The molecule has 0 spiro atoms. The van der Waals surface area contributed by atoms with Crippen LogP contribution in [0.4, 0.5) is 5.69 Å². The number of hydrogen-bond acceptors (Lipinski definition) is 3. The van der Waals surface area contributed by atoms with Crippen LogP contribution in [0.5, 0.6) is 5.75 Å². The zero-order valence-electron chi connectivity index (χ0n) is 17.2. The largest absolute Gasteiger partial charge is 0.481 e. The number of nitrogens with one attached hydrogen (secondary N) is 2. The van der Waals surface area contributed by atoms with Crippen LogP contribution in [0.3, 0.4) is 0 Å². The highest BCUT2D eigenvalue weighted by molar-refractivity contribution is 6.04. The van der Waals surface area contributed by atoms with Gasteiger partial charge < -0.3 is 15.4 Å². The molecule has 3 aromatic carbocycles. The van der Waals surface area contributed by atoms with E-state index in [1.165, 1.54) is 0 Å². The minimum atomic E-state index is -0.659. The Kier molecular flexibility index (Phi) is 7.22. The number of carbonyl (C=O) groups excluding carboxylic acids is 2. The Morgan fingerprint density at radius 1 is 0.900 bits per heavy atom. The van der Waals surface area contributed by atoms with Gasteiger partial charge in [0.25, 0.3) is 11.8 Å². The fraction of sp³-hybridized carbons (Fsp3) is 0.200. The lowest BCUT2D eigenvalue weighted by Crippen LogP contribution is -2.33. The Bertz CT molecular complexity index is 985. The van der Waals surface area contributed by atoms with Gasteiger partial charge in [-0.3, -0.25) is 9.59 Å². The summed E-state index contributed by atoms with van der Waals surface area (Å²) in [5.41, 5.74) is 2.99. The number of amides is 2. The summed E-state index contributed by atoms with van der Waals surface area (Å²) in [6.45, 7) is 4.29. The summed E-state index contributed by atoms with van der Waals surface area (Å²) in [6.07, 6.45) is -0.157. The molecule has 0 aromatic heterocycles. The molecule has 5 heteroatoms. The third-order valence-electron chi connectivity index (χ3n) is 4.69. The van der Waals surface area contributed by atoms with Gasteiger partial charge in [0.2, 0.25) is 0 Å². The van der Waals surface area contributed by atoms with Crippen molar-refractivity contribution < 1.29 is 14.3 Å². The first-order valence-corrected chi connectivity index (χ1v) is 10.0. The van der Waals surface area contributed by atoms with E-state index >= 15 is 0 Å². The highest BCUT2D eigenvalue weighted by Gasteiger charge is 2.21. The Hall–Kier alpha value is -3.60. The van der Waals surface area contributed by atoms with Crippen molar-refractivity contribution in [1.29, 1.82) is 0 Å². The molecule has 2 N–H and O–H groups in total. The van der Waals surface area contributed by atoms with Crippen molar-refractivity contribution in [3.63, 3.8) is 0 Å². The van der Waals surface area contributed by atoms with Gasteiger partial charge in [-0.2, -0.15) is 0 Å². The van der Waals surface area contributed by atoms with Crippen LogP contribution >= 0.6 is 0 Å². The van der Waals surface area contributed by atoms with Crippen LogP contribution in [-0.2, 0) is 11.3 Å². The van der Waals surface area contributed by atoms with E-state index in [0.29, 0.717) is 30.0 Å². The molecule has 0 bridgehead atoms. The average molecular weight is 402 g/mol. The molecule has 1 unspecified atom stereocenters. The summed E-state index contributed by atoms with van der Waals surface area (Å²) in [5, 5.41) is 5.74. The quantitative estimate of drug-likeness (QED) is 0.573. The van der Waals surface area contributed by atoms with Gasteiger partial charge in [0.05, 0.1) is 11.3 Å². The third kappa shape index (κ3) is 5.70. The van der Waals surface area contributed by atoms with Crippen LogP contribution in [-0.4, -0.2) is 17.9 Å². The number of anilines is 1. The van der Waals surface area contributed by atoms with Crippen molar-refractivity contribution in [2.45, 2.75) is 32.9 Å². The molecule has 0 fully saturated rings. The number of aryl methyl sites for hydroxylation is 1. The third-order valence-corrected chi connectivity index (χ3v) is 4.69. The number of benzene rings is 3. The Morgan fingerprint density at radius 2 is 1.57 bits per heavy atom. The van der Waals surface area contributed by atoms with E-state index < -0.39 is 6.10 Å². The summed E-state index contributed by atoms with van der Waals surface area (Å²) < 4.78 is 5.85. The molecular formula is C25H26N2O3. The first-order valence-electron chi connectivity index (χ1n) is 10.0.